The van der Waals surface area contributed by atoms with E-state index in [-0.39, 0.29) is 18.0 Å². The van der Waals surface area contributed by atoms with E-state index in [1.54, 1.807) is 0 Å². The summed E-state index contributed by atoms with van der Waals surface area (Å²) in [6, 6.07) is 10.2. The lowest BCUT2D eigenvalue weighted by molar-refractivity contribution is -0.119. The van der Waals surface area contributed by atoms with Crippen molar-refractivity contribution in [2.45, 2.75) is 64.2 Å². The summed E-state index contributed by atoms with van der Waals surface area (Å²) in [5.41, 5.74) is 3.77. The molecule has 0 fully saturated rings. The third-order valence-electron chi connectivity index (χ3n) is 5.83. The van der Waals surface area contributed by atoms with Gasteiger partial charge in [0.2, 0.25) is 5.91 Å². The van der Waals surface area contributed by atoms with Crippen LogP contribution >= 0.6 is 23.1 Å². The van der Waals surface area contributed by atoms with Crippen LogP contribution in [0.1, 0.15) is 62.2 Å². The van der Waals surface area contributed by atoms with Crippen LogP contribution < -0.4 is 5.32 Å². The average Bonchev–Trinajstić information content (AvgIpc) is 3.36. The predicted octanol–water partition coefficient (Wildman–Crippen LogP) is 5.68. The zero-order valence-electron chi connectivity index (χ0n) is 18.6. The Bertz CT molecular complexity index is 1040. The second-order valence-electron chi connectivity index (χ2n) is 8.66. The Kier molecular flexibility index (Phi) is 6.82. The number of rotatable bonds is 7. The van der Waals surface area contributed by atoms with Gasteiger partial charge in [-0.1, -0.05) is 49.0 Å². The van der Waals surface area contributed by atoms with Crippen molar-refractivity contribution in [3.05, 3.63) is 51.7 Å². The Morgan fingerprint density at radius 2 is 2.03 bits per heavy atom. The van der Waals surface area contributed by atoms with Crippen LogP contribution in [0, 0.1) is 5.92 Å². The van der Waals surface area contributed by atoms with Crippen molar-refractivity contribution >= 4 is 29.0 Å². The zero-order chi connectivity index (χ0) is 22.0. The van der Waals surface area contributed by atoms with Gasteiger partial charge >= 0.3 is 0 Å². The van der Waals surface area contributed by atoms with Gasteiger partial charge in [-0.15, -0.1) is 21.5 Å². The number of fused-ring (bicyclic) bond motifs is 1. The van der Waals surface area contributed by atoms with E-state index in [0.29, 0.717) is 5.75 Å². The summed E-state index contributed by atoms with van der Waals surface area (Å²) in [5.74, 6) is 2.01. The number of hydrogen-bond donors (Lipinski definition) is 1. The summed E-state index contributed by atoms with van der Waals surface area (Å²) in [5, 5.41) is 15.2. The van der Waals surface area contributed by atoms with Crippen LogP contribution in [0.2, 0.25) is 0 Å². The molecule has 1 N–H and O–H groups in total. The van der Waals surface area contributed by atoms with Crippen molar-refractivity contribution in [3.63, 3.8) is 0 Å². The Balaban J connectivity index is 1.48. The maximum atomic E-state index is 12.6. The van der Waals surface area contributed by atoms with Crippen LogP contribution in [0.4, 0.5) is 0 Å². The number of carbonyl (C=O) groups is 1. The summed E-state index contributed by atoms with van der Waals surface area (Å²) in [7, 11) is 0. The number of nitrogens with zero attached hydrogens (tertiary/aromatic N) is 3. The van der Waals surface area contributed by atoms with Gasteiger partial charge in [0.15, 0.2) is 11.0 Å². The first-order valence-electron chi connectivity index (χ1n) is 11.0. The molecule has 0 radical (unpaired) electrons. The SMILES string of the molecule is CC1CCc2c(-c3nnc(SCC(=O)NC(C)c4ccccc4)n3C(C)C)csc2C1. The van der Waals surface area contributed by atoms with Crippen molar-refractivity contribution in [3.8, 4) is 11.4 Å². The number of hydrogen-bond acceptors (Lipinski definition) is 5. The fourth-order valence-electron chi connectivity index (χ4n) is 4.13. The van der Waals surface area contributed by atoms with Crippen LogP contribution in [0.5, 0.6) is 0 Å². The molecule has 0 bridgehead atoms. The van der Waals surface area contributed by atoms with Crippen LogP contribution in [0.25, 0.3) is 11.4 Å². The first kappa shape index (κ1) is 22.1. The lowest BCUT2D eigenvalue weighted by Gasteiger charge is -2.20. The molecule has 1 aliphatic rings. The first-order chi connectivity index (χ1) is 14.9. The summed E-state index contributed by atoms with van der Waals surface area (Å²) in [6.07, 6.45) is 3.51. The average molecular weight is 455 g/mol. The van der Waals surface area contributed by atoms with E-state index < -0.39 is 0 Å². The first-order valence-corrected chi connectivity index (χ1v) is 12.8. The molecule has 1 aromatic carbocycles. The van der Waals surface area contributed by atoms with Gasteiger partial charge in [0.25, 0.3) is 0 Å². The molecule has 0 saturated heterocycles. The van der Waals surface area contributed by atoms with Crippen LogP contribution in [-0.2, 0) is 17.6 Å². The van der Waals surface area contributed by atoms with Gasteiger partial charge in [-0.05, 0) is 57.1 Å². The van der Waals surface area contributed by atoms with Crippen molar-refractivity contribution in [1.82, 2.24) is 20.1 Å². The van der Waals surface area contributed by atoms with E-state index in [9.17, 15) is 4.79 Å². The Morgan fingerprint density at radius 1 is 1.26 bits per heavy atom. The number of benzene rings is 1. The summed E-state index contributed by atoms with van der Waals surface area (Å²) < 4.78 is 2.18. The third-order valence-corrected chi connectivity index (χ3v) is 7.83. The maximum Gasteiger partial charge on any atom is 0.230 e. The number of carbonyl (C=O) groups excluding carboxylic acids is 1. The highest BCUT2D eigenvalue weighted by atomic mass is 32.2. The molecule has 0 aliphatic heterocycles. The molecule has 2 heterocycles. The molecule has 2 unspecified atom stereocenters. The minimum Gasteiger partial charge on any atom is -0.349 e. The molecule has 5 nitrogen and oxygen atoms in total. The highest BCUT2D eigenvalue weighted by Gasteiger charge is 2.25. The molecule has 4 rings (SSSR count). The Hall–Kier alpha value is -2.12. The number of thiophene rings is 1. The van der Waals surface area contributed by atoms with Gasteiger partial charge in [-0.2, -0.15) is 0 Å². The number of nitrogens with one attached hydrogen (secondary N) is 1. The van der Waals surface area contributed by atoms with Crippen molar-refractivity contribution in [2.75, 3.05) is 5.75 Å². The minimum atomic E-state index is -0.0208. The van der Waals surface area contributed by atoms with Gasteiger partial charge in [0.05, 0.1) is 11.8 Å². The molecule has 31 heavy (non-hydrogen) atoms. The van der Waals surface area contributed by atoms with Gasteiger partial charge in [0, 0.05) is 21.9 Å². The second kappa shape index (κ2) is 9.57. The zero-order valence-corrected chi connectivity index (χ0v) is 20.2. The molecule has 0 spiro atoms. The molecule has 2 aromatic heterocycles. The standard InChI is InChI=1S/C24H30N4OS2/c1-15(2)28-23(20-13-30-21-12-16(3)10-11-19(20)21)26-27-24(28)31-14-22(29)25-17(4)18-8-6-5-7-9-18/h5-9,13,15-17H,10-12,14H2,1-4H3,(H,25,29). The molecule has 7 heteroatoms. The quantitative estimate of drug-likeness (QED) is 0.467. The van der Waals surface area contributed by atoms with Gasteiger partial charge in [-0.3, -0.25) is 9.36 Å². The second-order valence-corrected chi connectivity index (χ2v) is 10.6. The Morgan fingerprint density at radius 3 is 2.77 bits per heavy atom. The minimum absolute atomic E-state index is 0.00288. The largest absolute Gasteiger partial charge is 0.349 e. The highest BCUT2D eigenvalue weighted by molar-refractivity contribution is 7.99. The monoisotopic (exact) mass is 454 g/mol. The number of thioether (sulfide) groups is 1. The van der Waals surface area contributed by atoms with E-state index in [0.717, 1.165) is 35.3 Å². The molecule has 164 valence electrons. The summed E-state index contributed by atoms with van der Waals surface area (Å²) in [6.45, 7) is 8.63. The van der Waals surface area contributed by atoms with E-state index >= 15 is 0 Å². The predicted molar refractivity (Wildman–Crippen MR) is 129 cm³/mol. The van der Waals surface area contributed by atoms with E-state index in [4.69, 9.17) is 0 Å². The molecule has 0 saturated carbocycles. The fraction of sp³-hybridized carbons (Fsp3) is 0.458. The van der Waals surface area contributed by atoms with E-state index in [1.807, 2.05) is 48.6 Å². The lowest BCUT2D eigenvalue weighted by Crippen LogP contribution is -2.28. The number of aromatic nitrogens is 3. The number of amides is 1. The van der Waals surface area contributed by atoms with Crippen molar-refractivity contribution in [1.29, 1.82) is 0 Å². The van der Waals surface area contributed by atoms with Crippen molar-refractivity contribution in [2.24, 2.45) is 5.92 Å². The molecule has 1 aliphatic carbocycles. The lowest BCUT2D eigenvalue weighted by atomic mass is 9.88. The smallest absolute Gasteiger partial charge is 0.230 e. The van der Waals surface area contributed by atoms with E-state index in [2.05, 4.69) is 46.2 Å². The molecular weight excluding hydrogens is 424 g/mol. The van der Waals surface area contributed by atoms with Crippen LogP contribution in [-0.4, -0.2) is 26.4 Å². The van der Waals surface area contributed by atoms with Gasteiger partial charge < -0.3 is 5.32 Å². The Labute approximate surface area is 192 Å². The third kappa shape index (κ3) is 4.88. The normalized spacial score (nSPS) is 16.9. The topological polar surface area (TPSA) is 59.8 Å². The molecule has 2 atom stereocenters. The summed E-state index contributed by atoms with van der Waals surface area (Å²) in [4.78, 5) is 14.0. The molecule has 3 aromatic rings. The van der Waals surface area contributed by atoms with Gasteiger partial charge in [0.1, 0.15) is 0 Å². The van der Waals surface area contributed by atoms with Crippen LogP contribution in [0.3, 0.4) is 0 Å². The highest BCUT2D eigenvalue weighted by Crippen LogP contribution is 2.39. The van der Waals surface area contributed by atoms with Crippen LogP contribution in [0.15, 0.2) is 40.9 Å². The van der Waals surface area contributed by atoms with Crippen molar-refractivity contribution < 1.29 is 4.79 Å². The fourth-order valence-corrected chi connectivity index (χ4v) is 6.25. The van der Waals surface area contributed by atoms with E-state index in [1.165, 1.54) is 34.2 Å². The molecule has 1 amide bonds. The molecular formula is C24H30N4OS2. The van der Waals surface area contributed by atoms with Gasteiger partial charge in [-0.25, -0.2) is 0 Å². The maximum absolute atomic E-state index is 12.6. The summed E-state index contributed by atoms with van der Waals surface area (Å²) >= 11 is 3.31.